The predicted molar refractivity (Wildman–Crippen MR) is 77.9 cm³/mol. The monoisotopic (exact) mass is 293 g/mol. The maximum Gasteiger partial charge on any atom is 0.152 e. The lowest BCUT2D eigenvalue weighted by molar-refractivity contribution is 0.279. The number of halogens is 1. The van der Waals surface area contributed by atoms with Crippen LogP contribution in [-0.4, -0.2) is 20.2 Å². The maximum atomic E-state index is 10.0. The zero-order chi connectivity index (χ0) is 14.7. The van der Waals surface area contributed by atoms with Crippen LogP contribution >= 0.6 is 11.6 Å². The minimum atomic E-state index is -0.183. The molecule has 106 valence electrons. The quantitative estimate of drug-likeness (QED) is 0.755. The Morgan fingerprint density at radius 1 is 1.25 bits per heavy atom. The van der Waals surface area contributed by atoms with Crippen LogP contribution in [0.5, 0.6) is 5.75 Å². The third-order valence-electron chi connectivity index (χ3n) is 3.03. The van der Waals surface area contributed by atoms with Crippen LogP contribution in [-0.2, 0) is 13.2 Å². The summed E-state index contributed by atoms with van der Waals surface area (Å²) in [5, 5.41) is 22.8. The number of rotatable bonds is 4. The molecule has 2 aromatic rings. The summed E-state index contributed by atoms with van der Waals surface area (Å²) in [5.74, 6) is 0.0841. The number of aromatic nitrogens is 2. The van der Waals surface area contributed by atoms with Gasteiger partial charge in [-0.25, -0.2) is 4.98 Å². The van der Waals surface area contributed by atoms with Gasteiger partial charge >= 0.3 is 0 Å². The standard InChI is InChI=1S/C14H16ClN3O2/c1-8-3-12(14(15)18-4-8)17-6-11-10(7-19)5-16-9(2)13(11)20/h3-5,17,19-20H,6-7H2,1-2H3. The molecule has 0 unspecified atom stereocenters. The van der Waals surface area contributed by atoms with Crippen LogP contribution in [0.25, 0.3) is 0 Å². The molecule has 0 spiro atoms. The van der Waals surface area contributed by atoms with Gasteiger partial charge in [-0.3, -0.25) is 4.98 Å². The molecule has 0 aliphatic heterocycles. The average Bonchev–Trinajstić information content (AvgIpc) is 2.44. The number of aryl methyl sites for hydroxylation is 2. The molecular weight excluding hydrogens is 278 g/mol. The zero-order valence-electron chi connectivity index (χ0n) is 11.3. The van der Waals surface area contributed by atoms with Gasteiger partial charge < -0.3 is 15.5 Å². The van der Waals surface area contributed by atoms with Crippen molar-refractivity contribution < 1.29 is 10.2 Å². The summed E-state index contributed by atoms with van der Waals surface area (Å²) in [7, 11) is 0. The Kier molecular flexibility index (Phi) is 4.42. The Morgan fingerprint density at radius 3 is 2.70 bits per heavy atom. The van der Waals surface area contributed by atoms with Crippen molar-refractivity contribution in [2.24, 2.45) is 0 Å². The third-order valence-corrected chi connectivity index (χ3v) is 3.33. The molecule has 0 aliphatic rings. The van der Waals surface area contributed by atoms with Crippen LogP contribution in [0.2, 0.25) is 5.15 Å². The predicted octanol–water partition coefficient (Wildman–Crippen LogP) is 2.56. The molecule has 3 N–H and O–H groups in total. The Labute approximate surface area is 122 Å². The average molecular weight is 294 g/mol. The van der Waals surface area contributed by atoms with Crippen LogP contribution < -0.4 is 5.32 Å². The van der Waals surface area contributed by atoms with Gasteiger partial charge in [0.15, 0.2) is 5.15 Å². The zero-order valence-corrected chi connectivity index (χ0v) is 12.1. The smallest absolute Gasteiger partial charge is 0.152 e. The number of nitrogens with zero attached hydrogens (tertiary/aromatic N) is 2. The highest BCUT2D eigenvalue weighted by Gasteiger charge is 2.12. The molecule has 6 heteroatoms. The number of pyridine rings is 2. The van der Waals surface area contributed by atoms with Crippen molar-refractivity contribution in [3.63, 3.8) is 0 Å². The van der Waals surface area contributed by atoms with E-state index in [1.807, 2.05) is 13.0 Å². The minimum absolute atomic E-state index is 0.0841. The second-order valence-corrected chi connectivity index (χ2v) is 4.92. The number of aliphatic hydroxyl groups is 1. The summed E-state index contributed by atoms with van der Waals surface area (Å²) in [6, 6.07) is 1.87. The van der Waals surface area contributed by atoms with Gasteiger partial charge in [0.1, 0.15) is 5.75 Å². The molecule has 2 heterocycles. The molecule has 0 fully saturated rings. The molecule has 20 heavy (non-hydrogen) atoms. The maximum absolute atomic E-state index is 10.0. The molecule has 0 bridgehead atoms. The van der Waals surface area contributed by atoms with E-state index in [1.54, 1.807) is 19.3 Å². The van der Waals surface area contributed by atoms with Crippen molar-refractivity contribution in [1.29, 1.82) is 0 Å². The lowest BCUT2D eigenvalue weighted by atomic mass is 10.1. The van der Waals surface area contributed by atoms with E-state index < -0.39 is 0 Å². The summed E-state index contributed by atoms with van der Waals surface area (Å²) in [5.41, 5.74) is 3.38. The van der Waals surface area contributed by atoms with E-state index in [9.17, 15) is 10.2 Å². The Bertz CT molecular complexity index is 632. The van der Waals surface area contributed by atoms with Crippen molar-refractivity contribution in [3.8, 4) is 5.75 Å². The first kappa shape index (κ1) is 14.6. The number of aromatic hydroxyl groups is 1. The van der Waals surface area contributed by atoms with E-state index in [0.29, 0.717) is 34.2 Å². The lowest BCUT2D eigenvalue weighted by Crippen LogP contribution is -2.06. The van der Waals surface area contributed by atoms with Gasteiger partial charge in [-0.15, -0.1) is 0 Å². The van der Waals surface area contributed by atoms with E-state index in [1.165, 1.54) is 0 Å². The Morgan fingerprint density at radius 2 is 2.00 bits per heavy atom. The summed E-state index contributed by atoms with van der Waals surface area (Å²) < 4.78 is 0. The fourth-order valence-corrected chi connectivity index (χ4v) is 2.05. The van der Waals surface area contributed by atoms with Gasteiger partial charge in [-0.2, -0.15) is 0 Å². The fraction of sp³-hybridized carbons (Fsp3) is 0.286. The molecule has 0 atom stereocenters. The minimum Gasteiger partial charge on any atom is -0.506 e. The van der Waals surface area contributed by atoms with Crippen molar-refractivity contribution in [3.05, 3.63) is 46.0 Å². The second-order valence-electron chi connectivity index (χ2n) is 4.56. The highest BCUT2D eigenvalue weighted by atomic mass is 35.5. The first-order chi connectivity index (χ1) is 9.52. The lowest BCUT2D eigenvalue weighted by Gasteiger charge is -2.14. The molecule has 0 saturated carbocycles. The van der Waals surface area contributed by atoms with Crippen LogP contribution in [0, 0.1) is 13.8 Å². The van der Waals surface area contributed by atoms with Crippen LogP contribution in [0.1, 0.15) is 22.4 Å². The van der Waals surface area contributed by atoms with E-state index >= 15 is 0 Å². The molecule has 5 nitrogen and oxygen atoms in total. The van der Waals surface area contributed by atoms with Crippen LogP contribution in [0.4, 0.5) is 5.69 Å². The molecule has 2 aromatic heterocycles. The summed E-state index contributed by atoms with van der Waals surface area (Å²) >= 11 is 6.01. The normalized spacial score (nSPS) is 10.6. The SMILES string of the molecule is Cc1cnc(Cl)c(NCc2c(CO)cnc(C)c2O)c1. The largest absolute Gasteiger partial charge is 0.506 e. The van der Waals surface area contributed by atoms with E-state index in [0.717, 1.165) is 5.56 Å². The molecule has 0 radical (unpaired) electrons. The second kappa shape index (κ2) is 6.07. The van der Waals surface area contributed by atoms with E-state index in [2.05, 4.69) is 15.3 Å². The van der Waals surface area contributed by atoms with Crippen molar-refractivity contribution >= 4 is 17.3 Å². The Balaban J connectivity index is 2.27. The number of anilines is 1. The van der Waals surface area contributed by atoms with Crippen LogP contribution in [0.3, 0.4) is 0 Å². The van der Waals surface area contributed by atoms with Gasteiger partial charge in [0, 0.05) is 30.1 Å². The van der Waals surface area contributed by atoms with E-state index in [-0.39, 0.29) is 12.4 Å². The van der Waals surface area contributed by atoms with Crippen LogP contribution in [0.15, 0.2) is 18.5 Å². The topological polar surface area (TPSA) is 78.3 Å². The van der Waals surface area contributed by atoms with E-state index in [4.69, 9.17) is 11.6 Å². The van der Waals surface area contributed by atoms with Gasteiger partial charge in [0.2, 0.25) is 0 Å². The van der Waals surface area contributed by atoms with Gasteiger partial charge in [-0.1, -0.05) is 11.6 Å². The molecule has 0 aliphatic carbocycles. The fourth-order valence-electron chi connectivity index (χ4n) is 1.88. The molecule has 2 rings (SSSR count). The summed E-state index contributed by atoms with van der Waals surface area (Å²) in [4.78, 5) is 8.07. The van der Waals surface area contributed by atoms with Gasteiger partial charge in [-0.05, 0) is 25.5 Å². The highest BCUT2D eigenvalue weighted by molar-refractivity contribution is 6.31. The van der Waals surface area contributed by atoms with Crippen molar-refractivity contribution in [2.45, 2.75) is 27.0 Å². The number of hydrogen-bond donors (Lipinski definition) is 3. The molecule has 0 amide bonds. The molecule has 0 saturated heterocycles. The molecule has 0 aromatic carbocycles. The van der Waals surface area contributed by atoms with Crippen molar-refractivity contribution in [2.75, 3.05) is 5.32 Å². The first-order valence-corrected chi connectivity index (χ1v) is 6.54. The number of aliphatic hydroxyl groups excluding tert-OH is 1. The summed E-state index contributed by atoms with van der Waals surface area (Å²) in [6.45, 7) is 3.77. The van der Waals surface area contributed by atoms with Crippen molar-refractivity contribution in [1.82, 2.24) is 9.97 Å². The molecular formula is C14H16ClN3O2. The highest BCUT2D eigenvalue weighted by Crippen LogP contribution is 2.26. The number of hydrogen-bond acceptors (Lipinski definition) is 5. The number of nitrogens with one attached hydrogen (secondary N) is 1. The summed E-state index contributed by atoms with van der Waals surface area (Å²) in [6.07, 6.45) is 3.24. The van der Waals surface area contributed by atoms with Gasteiger partial charge in [0.05, 0.1) is 18.0 Å². The first-order valence-electron chi connectivity index (χ1n) is 6.16. The third kappa shape index (κ3) is 3.00. The van der Waals surface area contributed by atoms with Gasteiger partial charge in [0.25, 0.3) is 0 Å². The Hall–Kier alpha value is -1.85.